The molecule has 3 aliphatic rings. The maximum Gasteiger partial charge on any atom is 0.271 e. The maximum atomic E-state index is 15.1. The average molecular weight is 564 g/mol. The molecule has 1 aromatic carbocycles. The number of alkyl halides is 2. The van der Waals surface area contributed by atoms with Gasteiger partial charge in [0.15, 0.2) is 0 Å². The predicted octanol–water partition coefficient (Wildman–Crippen LogP) is 3.40. The number of imidazole rings is 1. The lowest BCUT2D eigenvalue weighted by Crippen LogP contribution is -2.39. The zero-order valence-electron chi connectivity index (χ0n) is 21.7. The number of amides is 3. The van der Waals surface area contributed by atoms with Gasteiger partial charge in [-0.3, -0.25) is 24.1 Å². The highest BCUT2D eigenvalue weighted by atomic mass is 19.3. The first kappa shape index (κ1) is 25.5. The van der Waals surface area contributed by atoms with Gasteiger partial charge < -0.3 is 14.2 Å². The lowest BCUT2D eigenvalue weighted by atomic mass is 9.96. The third kappa shape index (κ3) is 4.21. The fourth-order valence-electron chi connectivity index (χ4n) is 6.20. The molecule has 0 bridgehead atoms. The summed E-state index contributed by atoms with van der Waals surface area (Å²) >= 11 is 0. The molecule has 0 saturated carbocycles. The molecular formula is C29H24F3N5O4. The van der Waals surface area contributed by atoms with E-state index in [1.54, 1.807) is 35.0 Å². The molecule has 1 saturated heterocycles. The number of ether oxygens (including phenoxy) is 1. The van der Waals surface area contributed by atoms with Gasteiger partial charge >= 0.3 is 0 Å². The maximum absolute atomic E-state index is 15.1. The first-order valence-corrected chi connectivity index (χ1v) is 13.3. The van der Waals surface area contributed by atoms with Crippen LogP contribution in [0, 0.1) is 11.7 Å². The van der Waals surface area contributed by atoms with E-state index >= 15 is 4.39 Å². The van der Waals surface area contributed by atoms with Gasteiger partial charge in [0.1, 0.15) is 18.1 Å². The van der Waals surface area contributed by atoms with Gasteiger partial charge in [-0.2, -0.15) is 0 Å². The number of fused-ring (bicyclic) bond motifs is 1. The number of pyridine rings is 1. The quantitative estimate of drug-likeness (QED) is 0.386. The topological polar surface area (TPSA) is 97.9 Å². The number of nitrogens with one attached hydrogen (secondary N) is 1. The number of nitrogens with zero attached hydrogens (tertiary/aromatic N) is 4. The number of imide groups is 1. The molecule has 1 unspecified atom stereocenters. The third-order valence-electron chi connectivity index (χ3n) is 7.99. The number of hydrogen-bond acceptors (Lipinski definition) is 5. The normalized spacial score (nSPS) is 21.0. The molecular weight excluding hydrogens is 539 g/mol. The van der Waals surface area contributed by atoms with Crippen molar-refractivity contribution in [3.63, 3.8) is 0 Å². The predicted molar refractivity (Wildman–Crippen MR) is 141 cm³/mol. The third-order valence-corrected chi connectivity index (χ3v) is 7.99. The van der Waals surface area contributed by atoms with Crippen molar-refractivity contribution in [3.8, 4) is 0 Å². The zero-order valence-corrected chi connectivity index (χ0v) is 21.7. The minimum absolute atomic E-state index is 0.0176. The van der Waals surface area contributed by atoms with Crippen LogP contribution >= 0.6 is 0 Å². The number of carbonyl (C=O) groups excluding carboxylic acids is 3. The van der Waals surface area contributed by atoms with Crippen LogP contribution in [0.4, 0.5) is 13.2 Å². The van der Waals surface area contributed by atoms with Gasteiger partial charge in [0.2, 0.25) is 5.91 Å². The number of carbonyl (C=O) groups is 3. The van der Waals surface area contributed by atoms with Gasteiger partial charge in [0.25, 0.3) is 17.7 Å². The summed E-state index contributed by atoms with van der Waals surface area (Å²) in [7, 11) is 0. The summed E-state index contributed by atoms with van der Waals surface area (Å²) in [4.78, 5) is 45.4. The van der Waals surface area contributed by atoms with Crippen LogP contribution in [0.15, 0.2) is 48.9 Å². The van der Waals surface area contributed by atoms with E-state index in [-0.39, 0.29) is 43.8 Å². The van der Waals surface area contributed by atoms with Crippen molar-refractivity contribution in [2.24, 2.45) is 5.92 Å². The summed E-state index contributed by atoms with van der Waals surface area (Å²) in [6, 6.07) is 7.98. The minimum atomic E-state index is -3.10. The highest BCUT2D eigenvalue weighted by molar-refractivity contribution is 6.49. The Morgan fingerprint density at radius 1 is 1.12 bits per heavy atom. The van der Waals surface area contributed by atoms with E-state index in [1.165, 1.54) is 23.2 Å². The van der Waals surface area contributed by atoms with E-state index in [9.17, 15) is 23.2 Å². The number of benzene rings is 1. The van der Waals surface area contributed by atoms with Crippen LogP contribution in [0.3, 0.4) is 0 Å². The summed E-state index contributed by atoms with van der Waals surface area (Å²) in [6.07, 6.45) is 4.53. The summed E-state index contributed by atoms with van der Waals surface area (Å²) < 4.78 is 52.0. The molecule has 210 valence electrons. The second-order valence-corrected chi connectivity index (χ2v) is 10.7. The first-order chi connectivity index (χ1) is 19.7. The van der Waals surface area contributed by atoms with Crippen LogP contribution in [0.25, 0.3) is 27.7 Å². The van der Waals surface area contributed by atoms with Crippen molar-refractivity contribution in [2.75, 3.05) is 19.8 Å². The van der Waals surface area contributed by atoms with Gasteiger partial charge in [-0.25, -0.2) is 18.2 Å². The highest BCUT2D eigenvalue weighted by Crippen LogP contribution is 2.39. The van der Waals surface area contributed by atoms with Crippen molar-refractivity contribution in [1.29, 1.82) is 0 Å². The molecule has 0 aliphatic carbocycles. The second kappa shape index (κ2) is 9.30. The van der Waals surface area contributed by atoms with Gasteiger partial charge in [0, 0.05) is 61.9 Å². The Labute approximate surface area is 231 Å². The molecule has 1 fully saturated rings. The Balaban J connectivity index is 1.32. The lowest BCUT2D eigenvalue weighted by Gasteiger charge is -2.26. The summed E-state index contributed by atoms with van der Waals surface area (Å²) in [5, 5.41) is 2.78. The molecule has 12 heteroatoms. The standard InChI is InChI=1S/C29H24F3N5O4/c30-18-9-17-13-36(28(40)16-4-8-41-15-29(31,32)11-16)7-6-35-14-20(19(10-18)25(17)35)23-24(27(39)34-26(23)38)21-12-33-22-3-1-2-5-37(21)22/h1-3,5,9-10,12,14,16H,4,6-8,11,13,15H2,(H,34,38,39). The van der Waals surface area contributed by atoms with Crippen molar-refractivity contribution >= 4 is 45.4 Å². The van der Waals surface area contributed by atoms with Gasteiger partial charge in [-0.05, 0) is 36.2 Å². The van der Waals surface area contributed by atoms with E-state index in [0.29, 0.717) is 33.4 Å². The number of hydrogen-bond donors (Lipinski definition) is 1. The van der Waals surface area contributed by atoms with E-state index in [4.69, 9.17) is 4.74 Å². The molecule has 4 aromatic rings. The Kier molecular flexibility index (Phi) is 5.79. The summed E-state index contributed by atoms with van der Waals surface area (Å²) in [6.45, 7) is -0.139. The molecule has 3 amide bonds. The monoisotopic (exact) mass is 563 g/mol. The summed E-state index contributed by atoms with van der Waals surface area (Å²) in [5.41, 5.74) is 2.72. The van der Waals surface area contributed by atoms with Crippen LogP contribution in [-0.4, -0.2) is 62.3 Å². The Bertz CT molecular complexity index is 1810. The van der Waals surface area contributed by atoms with Crippen LogP contribution in [0.2, 0.25) is 0 Å². The van der Waals surface area contributed by atoms with E-state index in [2.05, 4.69) is 10.3 Å². The van der Waals surface area contributed by atoms with Crippen molar-refractivity contribution in [2.45, 2.75) is 31.9 Å². The van der Waals surface area contributed by atoms with Crippen LogP contribution < -0.4 is 5.32 Å². The molecule has 1 N–H and O–H groups in total. The number of aromatic nitrogens is 3. The molecule has 0 spiro atoms. The largest absolute Gasteiger partial charge is 0.375 e. The number of halogens is 3. The Morgan fingerprint density at radius 2 is 1.95 bits per heavy atom. The molecule has 9 nitrogen and oxygen atoms in total. The van der Waals surface area contributed by atoms with Gasteiger partial charge in [-0.1, -0.05) is 6.07 Å². The molecule has 6 heterocycles. The molecule has 7 rings (SSSR count). The minimum Gasteiger partial charge on any atom is -0.375 e. The van der Waals surface area contributed by atoms with Crippen molar-refractivity contribution < 1.29 is 32.3 Å². The van der Waals surface area contributed by atoms with E-state index in [1.807, 2.05) is 4.57 Å². The van der Waals surface area contributed by atoms with E-state index in [0.717, 1.165) is 0 Å². The second-order valence-electron chi connectivity index (χ2n) is 10.7. The van der Waals surface area contributed by atoms with Crippen molar-refractivity contribution in [3.05, 3.63) is 71.6 Å². The SMILES string of the molecule is O=C1NC(=O)C(c2cnc3ccccn23)=C1c1cn2c3c(cc(F)cc13)CN(C(=O)C1CCOCC(F)(F)C1)CC2. The van der Waals surface area contributed by atoms with Crippen molar-refractivity contribution in [1.82, 2.24) is 24.2 Å². The number of rotatable bonds is 3. The van der Waals surface area contributed by atoms with Crippen LogP contribution in [-0.2, 0) is 32.2 Å². The fraction of sp³-hybridized carbons (Fsp3) is 0.310. The Morgan fingerprint density at radius 3 is 2.80 bits per heavy atom. The first-order valence-electron chi connectivity index (χ1n) is 13.3. The van der Waals surface area contributed by atoms with E-state index < -0.39 is 48.4 Å². The zero-order chi connectivity index (χ0) is 28.5. The Hall–Kier alpha value is -4.45. The fourth-order valence-corrected chi connectivity index (χ4v) is 6.20. The smallest absolute Gasteiger partial charge is 0.271 e. The lowest BCUT2D eigenvalue weighted by molar-refractivity contribution is -0.139. The molecule has 1 atom stereocenters. The van der Waals surface area contributed by atoms with Crippen LogP contribution in [0.1, 0.15) is 29.7 Å². The van der Waals surface area contributed by atoms with Gasteiger partial charge in [0.05, 0.1) is 28.6 Å². The molecule has 41 heavy (non-hydrogen) atoms. The van der Waals surface area contributed by atoms with Gasteiger partial charge in [-0.15, -0.1) is 0 Å². The summed E-state index contributed by atoms with van der Waals surface area (Å²) in [5.74, 6) is -6.20. The van der Waals surface area contributed by atoms with Crippen LogP contribution in [0.5, 0.6) is 0 Å². The molecule has 0 radical (unpaired) electrons. The average Bonchev–Trinajstić information content (AvgIpc) is 3.50. The highest BCUT2D eigenvalue weighted by Gasteiger charge is 2.40. The molecule has 3 aromatic heterocycles. The molecule has 3 aliphatic heterocycles.